The number of carbonyl (C=O) groups excluding carboxylic acids is 2. The average Bonchev–Trinajstić information content (AvgIpc) is 3.43. The van der Waals surface area contributed by atoms with Gasteiger partial charge >= 0.3 is 0 Å². The molecular formula is C24H26N4O3. The number of piperazine rings is 1. The molecule has 0 atom stereocenters. The predicted molar refractivity (Wildman–Crippen MR) is 118 cm³/mol. The quantitative estimate of drug-likeness (QED) is 0.684. The van der Waals surface area contributed by atoms with E-state index in [1.54, 1.807) is 9.80 Å². The zero-order chi connectivity index (χ0) is 21.8. The van der Waals surface area contributed by atoms with Crippen LogP contribution in [0, 0.1) is 13.8 Å². The first-order valence-corrected chi connectivity index (χ1v) is 10.7. The Labute approximate surface area is 180 Å². The number of aromatic nitrogens is 2. The number of nitrogens with one attached hydrogen (secondary N) is 1. The molecule has 5 rings (SSSR count). The number of hydrogen-bond acceptors (Lipinski definition) is 4. The van der Waals surface area contributed by atoms with E-state index in [0.29, 0.717) is 44.6 Å². The van der Waals surface area contributed by atoms with Gasteiger partial charge in [-0.15, -0.1) is 0 Å². The molecule has 0 radical (unpaired) electrons. The van der Waals surface area contributed by atoms with Crippen LogP contribution in [0.3, 0.4) is 0 Å². The fourth-order valence-electron chi connectivity index (χ4n) is 4.38. The second-order valence-corrected chi connectivity index (χ2v) is 8.70. The van der Waals surface area contributed by atoms with Gasteiger partial charge in [-0.05, 0) is 43.9 Å². The highest BCUT2D eigenvalue weighted by molar-refractivity contribution is 5.98. The predicted octanol–water partition coefficient (Wildman–Crippen LogP) is 2.66. The molecule has 7 heteroatoms. The molecule has 2 N–H and O–H groups in total. The molecule has 1 aromatic heterocycles. The van der Waals surface area contributed by atoms with Crippen molar-refractivity contribution in [1.29, 1.82) is 0 Å². The van der Waals surface area contributed by atoms with E-state index in [-0.39, 0.29) is 11.8 Å². The summed E-state index contributed by atoms with van der Waals surface area (Å²) in [5, 5.41) is 18.6. The Morgan fingerprint density at radius 3 is 2.42 bits per heavy atom. The van der Waals surface area contributed by atoms with Crippen molar-refractivity contribution < 1.29 is 14.7 Å². The first kappa shape index (κ1) is 19.8. The van der Waals surface area contributed by atoms with Crippen LogP contribution in [0.2, 0.25) is 0 Å². The van der Waals surface area contributed by atoms with E-state index >= 15 is 0 Å². The van der Waals surface area contributed by atoms with Crippen molar-refractivity contribution in [2.75, 3.05) is 26.2 Å². The lowest BCUT2D eigenvalue weighted by atomic mass is 9.97. The number of aromatic amines is 1. The summed E-state index contributed by atoms with van der Waals surface area (Å²) >= 11 is 0. The highest BCUT2D eigenvalue weighted by Crippen LogP contribution is 2.37. The van der Waals surface area contributed by atoms with E-state index in [2.05, 4.69) is 16.3 Å². The third-order valence-electron chi connectivity index (χ3n) is 6.52. The minimum absolute atomic E-state index is 0.0184. The molecule has 7 nitrogen and oxygen atoms in total. The SMILES string of the molecule is Cc1cc(-c2cccc3c(C)[nH]nc23)ccc1C(=O)N1CCN(C(=O)C2(O)CC2)CC1. The third-order valence-corrected chi connectivity index (χ3v) is 6.52. The number of carbonyl (C=O) groups is 2. The summed E-state index contributed by atoms with van der Waals surface area (Å²) in [6, 6.07) is 12.0. The van der Waals surface area contributed by atoms with Crippen LogP contribution in [-0.4, -0.2) is 68.7 Å². The maximum Gasteiger partial charge on any atom is 0.254 e. The lowest BCUT2D eigenvalue weighted by Gasteiger charge is -2.36. The minimum atomic E-state index is -1.14. The van der Waals surface area contributed by atoms with Crippen LogP contribution in [-0.2, 0) is 4.79 Å². The Morgan fingerprint density at radius 1 is 1.03 bits per heavy atom. The van der Waals surface area contributed by atoms with Crippen LogP contribution in [0.15, 0.2) is 36.4 Å². The topological polar surface area (TPSA) is 89.5 Å². The molecule has 2 aliphatic rings. The molecule has 0 bridgehead atoms. The Bertz CT molecular complexity index is 1190. The molecule has 31 heavy (non-hydrogen) atoms. The number of amides is 2. The molecule has 160 valence electrons. The van der Waals surface area contributed by atoms with Crippen LogP contribution in [0.1, 0.15) is 34.5 Å². The Balaban J connectivity index is 1.33. The van der Waals surface area contributed by atoms with Crippen LogP contribution >= 0.6 is 0 Å². The van der Waals surface area contributed by atoms with Gasteiger partial charge in [-0.25, -0.2) is 0 Å². The van der Waals surface area contributed by atoms with Crippen molar-refractivity contribution in [3.8, 4) is 11.1 Å². The van der Waals surface area contributed by atoms with Gasteiger partial charge in [0, 0.05) is 48.4 Å². The van der Waals surface area contributed by atoms with Crippen molar-refractivity contribution in [3.63, 3.8) is 0 Å². The molecule has 2 heterocycles. The van der Waals surface area contributed by atoms with Crippen molar-refractivity contribution in [2.24, 2.45) is 0 Å². The van der Waals surface area contributed by atoms with E-state index < -0.39 is 5.60 Å². The maximum absolute atomic E-state index is 13.1. The van der Waals surface area contributed by atoms with Gasteiger partial charge in [-0.1, -0.05) is 30.3 Å². The van der Waals surface area contributed by atoms with Gasteiger partial charge in [0.1, 0.15) is 11.1 Å². The highest BCUT2D eigenvalue weighted by Gasteiger charge is 2.50. The smallest absolute Gasteiger partial charge is 0.254 e. The molecule has 1 saturated heterocycles. The van der Waals surface area contributed by atoms with E-state index in [9.17, 15) is 14.7 Å². The highest BCUT2D eigenvalue weighted by atomic mass is 16.3. The normalized spacial score (nSPS) is 17.8. The summed E-state index contributed by atoms with van der Waals surface area (Å²) in [5.41, 5.74) is 4.47. The summed E-state index contributed by atoms with van der Waals surface area (Å²) < 4.78 is 0. The number of fused-ring (bicyclic) bond motifs is 1. The largest absolute Gasteiger partial charge is 0.380 e. The van der Waals surface area contributed by atoms with Crippen LogP contribution in [0.25, 0.3) is 22.0 Å². The van der Waals surface area contributed by atoms with Gasteiger partial charge in [0.2, 0.25) is 0 Å². The molecule has 2 fully saturated rings. The monoisotopic (exact) mass is 418 g/mol. The molecule has 2 amide bonds. The van der Waals surface area contributed by atoms with Gasteiger partial charge in [0.15, 0.2) is 0 Å². The Kier molecular flexibility index (Phi) is 4.59. The van der Waals surface area contributed by atoms with Crippen LogP contribution in [0.4, 0.5) is 0 Å². The Morgan fingerprint density at radius 2 is 1.74 bits per heavy atom. The number of H-pyrrole nitrogens is 1. The summed E-state index contributed by atoms with van der Waals surface area (Å²) in [4.78, 5) is 28.9. The molecule has 3 aromatic rings. The van der Waals surface area contributed by atoms with E-state index in [1.807, 2.05) is 44.2 Å². The van der Waals surface area contributed by atoms with E-state index in [4.69, 9.17) is 0 Å². The van der Waals surface area contributed by atoms with E-state index in [0.717, 1.165) is 33.3 Å². The number of benzene rings is 2. The number of aryl methyl sites for hydroxylation is 2. The number of hydrogen-bond donors (Lipinski definition) is 2. The summed E-state index contributed by atoms with van der Waals surface area (Å²) in [6.45, 7) is 5.84. The Hall–Kier alpha value is -3.19. The van der Waals surface area contributed by atoms with E-state index in [1.165, 1.54) is 0 Å². The van der Waals surface area contributed by atoms with Gasteiger partial charge in [-0.2, -0.15) is 5.10 Å². The van der Waals surface area contributed by atoms with Crippen molar-refractivity contribution in [3.05, 3.63) is 53.2 Å². The number of nitrogens with zero attached hydrogens (tertiary/aromatic N) is 3. The molecule has 1 aliphatic carbocycles. The number of rotatable bonds is 3. The third kappa shape index (κ3) is 3.39. The van der Waals surface area contributed by atoms with Crippen LogP contribution < -0.4 is 0 Å². The summed E-state index contributed by atoms with van der Waals surface area (Å²) in [7, 11) is 0. The molecule has 0 spiro atoms. The molecule has 1 aliphatic heterocycles. The first-order valence-electron chi connectivity index (χ1n) is 10.7. The summed E-state index contributed by atoms with van der Waals surface area (Å²) in [5.74, 6) is -0.210. The van der Waals surface area contributed by atoms with Gasteiger partial charge < -0.3 is 14.9 Å². The first-order chi connectivity index (χ1) is 14.9. The zero-order valence-electron chi connectivity index (χ0n) is 17.8. The van der Waals surface area contributed by atoms with Gasteiger partial charge in [0.05, 0.1) is 0 Å². The second-order valence-electron chi connectivity index (χ2n) is 8.70. The zero-order valence-corrected chi connectivity index (χ0v) is 17.8. The molecule has 0 unspecified atom stereocenters. The van der Waals surface area contributed by atoms with Crippen molar-refractivity contribution in [2.45, 2.75) is 32.3 Å². The lowest BCUT2D eigenvalue weighted by Crippen LogP contribution is -2.53. The van der Waals surface area contributed by atoms with Gasteiger partial charge in [-0.3, -0.25) is 14.7 Å². The number of para-hydroxylation sites is 1. The standard InChI is InChI=1S/C24H26N4O3/c1-15-14-17(20-5-3-4-19-16(2)25-26-21(19)20)6-7-18(15)22(29)27-10-12-28(13-11-27)23(30)24(31)8-9-24/h3-7,14,31H,8-13H2,1-2H3,(H,25,26). The fourth-order valence-corrected chi connectivity index (χ4v) is 4.38. The van der Waals surface area contributed by atoms with Gasteiger partial charge in [0.25, 0.3) is 11.8 Å². The summed E-state index contributed by atoms with van der Waals surface area (Å²) in [6.07, 6.45) is 1.09. The van der Waals surface area contributed by atoms with Crippen molar-refractivity contribution >= 4 is 22.7 Å². The lowest BCUT2D eigenvalue weighted by molar-refractivity contribution is -0.143. The van der Waals surface area contributed by atoms with Crippen LogP contribution in [0.5, 0.6) is 0 Å². The average molecular weight is 418 g/mol. The van der Waals surface area contributed by atoms with Crippen molar-refractivity contribution in [1.82, 2.24) is 20.0 Å². The fraction of sp³-hybridized carbons (Fsp3) is 0.375. The number of aliphatic hydroxyl groups is 1. The molecule has 1 saturated carbocycles. The molecular weight excluding hydrogens is 392 g/mol. The molecule has 2 aromatic carbocycles. The maximum atomic E-state index is 13.1. The second kappa shape index (κ2) is 7.20. The minimum Gasteiger partial charge on any atom is -0.380 e.